The molecule has 1 aromatic rings. The predicted octanol–water partition coefficient (Wildman–Crippen LogP) is 1.92. The highest BCUT2D eigenvalue weighted by Crippen LogP contribution is 2.08. The van der Waals surface area contributed by atoms with Crippen molar-refractivity contribution in [3.05, 3.63) is 30.1 Å². The minimum Gasteiger partial charge on any atom is -0.295 e. The van der Waals surface area contributed by atoms with E-state index in [1.165, 1.54) is 24.6 Å². The standard InChI is InChI=1S/C9H10FN3/c1-11-5-6-12-13-9-4-2-3-8(10)7-9/h2-7,13H,1H3/b11-5?,12-6+. The van der Waals surface area contributed by atoms with Gasteiger partial charge in [-0.15, -0.1) is 0 Å². The summed E-state index contributed by atoms with van der Waals surface area (Å²) in [5.41, 5.74) is 3.27. The first kappa shape index (κ1) is 9.38. The Labute approximate surface area is 76.0 Å². The summed E-state index contributed by atoms with van der Waals surface area (Å²) in [6.07, 6.45) is 3.03. The molecule has 13 heavy (non-hydrogen) atoms. The Morgan fingerprint density at radius 2 is 2.23 bits per heavy atom. The Morgan fingerprint density at radius 1 is 1.38 bits per heavy atom. The van der Waals surface area contributed by atoms with Crippen molar-refractivity contribution in [3.8, 4) is 0 Å². The van der Waals surface area contributed by atoms with E-state index in [4.69, 9.17) is 0 Å². The van der Waals surface area contributed by atoms with Crippen LogP contribution >= 0.6 is 0 Å². The topological polar surface area (TPSA) is 36.8 Å². The number of anilines is 1. The normalized spacial score (nSPS) is 11.2. The number of hydrogen-bond acceptors (Lipinski definition) is 3. The van der Waals surface area contributed by atoms with Crippen LogP contribution in [0.25, 0.3) is 0 Å². The van der Waals surface area contributed by atoms with Crippen LogP contribution in [0.5, 0.6) is 0 Å². The molecule has 0 saturated carbocycles. The second-order valence-corrected chi connectivity index (χ2v) is 2.31. The van der Waals surface area contributed by atoms with Crippen molar-refractivity contribution in [2.24, 2.45) is 10.1 Å². The van der Waals surface area contributed by atoms with Gasteiger partial charge in [-0.3, -0.25) is 10.4 Å². The van der Waals surface area contributed by atoms with Crippen LogP contribution in [0.2, 0.25) is 0 Å². The lowest BCUT2D eigenvalue weighted by Gasteiger charge is -1.97. The van der Waals surface area contributed by atoms with Gasteiger partial charge >= 0.3 is 0 Å². The first-order chi connectivity index (χ1) is 6.33. The zero-order chi connectivity index (χ0) is 9.52. The molecule has 68 valence electrons. The molecule has 3 nitrogen and oxygen atoms in total. The molecule has 1 aromatic carbocycles. The van der Waals surface area contributed by atoms with Gasteiger partial charge in [0.15, 0.2) is 0 Å². The zero-order valence-corrected chi connectivity index (χ0v) is 7.24. The fraction of sp³-hybridized carbons (Fsp3) is 0.111. The number of hydrogen-bond donors (Lipinski definition) is 1. The molecule has 0 radical (unpaired) electrons. The molecule has 1 N–H and O–H groups in total. The van der Waals surface area contributed by atoms with Crippen molar-refractivity contribution in [1.29, 1.82) is 0 Å². The minimum absolute atomic E-state index is 0.288. The summed E-state index contributed by atoms with van der Waals surface area (Å²) in [7, 11) is 1.65. The van der Waals surface area contributed by atoms with Gasteiger partial charge in [0.25, 0.3) is 0 Å². The number of nitrogens with one attached hydrogen (secondary N) is 1. The Kier molecular flexibility index (Phi) is 3.63. The first-order valence-electron chi connectivity index (χ1n) is 3.78. The van der Waals surface area contributed by atoms with Crippen LogP contribution in [0.1, 0.15) is 0 Å². The molecule has 0 saturated heterocycles. The Hall–Kier alpha value is -1.71. The van der Waals surface area contributed by atoms with Crippen molar-refractivity contribution < 1.29 is 4.39 Å². The molecule has 0 spiro atoms. The van der Waals surface area contributed by atoms with Gasteiger partial charge in [0.2, 0.25) is 0 Å². The molecule has 0 bridgehead atoms. The highest BCUT2D eigenvalue weighted by Gasteiger charge is 1.90. The summed E-state index contributed by atoms with van der Waals surface area (Å²) in [4.78, 5) is 3.70. The van der Waals surface area contributed by atoms with Crippen LogP contribution in [0.15, 0.2) is 34.4 Å². The smallest absolute Gasteiger partial charge is 0.125 e. The fourth-order valence-electron chi connectivity index (χ4n) is 0.770. The summed E-state index contributed by atoms with van der Waals surface area (Å²) < 4.78 is 12.6. The summed E-state index contributed by atoms with van der Waals surface area (Å²) in [6.45, 7) is 0. The molecule has 0 aliphatic carbocycles. The van der Waals surface area contributed by atoms with Crippen LogP contribution in [-0.4, -0.2) is 19.5 Å². The number of rotatable bonds is 3. The van der Waals surface area contributed by atoms with Crippen LogP contribution in [0, 0.1) is 5.82 Å². The second-order valence-electron chi connectivity index (χ2n) is 2.31. The van der Waals surface area contributed by atoms with Crippen molar-refractivity contribution >= 4 is 18.1 Å². The maximum Gasteiger partial charge on any atom is 0.125 e. The van der Waals surface area contributed by atoms with Crippen molar-refractivity contribution in [1.82, 2.24) is 0 Å². The number of halogens is 1. The van der Waals surface area contributed by atoms with Gasteiger partial charge in [0.05, 0.1) is 11.9 Å². The first-order valence-corrected chi connectivity index (χ1v) is 3.78. The van der Waals surface area contributed by atoms with E-state index >= 15 is 0 Å². The van der Waals surface area contributed by atoms with E-state index in [0.29, 0.717) is 5.69 Å². The molecule has 0 aliphatic rings. The molecule has 4 heteroatoms. The van der Waals surface area contributed by atoms with Crippen molar-refractivity contribution in [3.63, 3.8) is 0 Å². The number of hydrazone groups is 1. The third-order valence-electron chi connectivity index (χ3n) is 1.31. The monoisotopic (exact) mass is 179 g/mol. The SMILES string of the molecule is CN=C/C=N/Nc1cccc(F)c1. The largest absolute Gasteiger partial charge is 0.295 e. The molecule has 0 aromatic heterocycles. The molecule has 0 fully saturated rings. The maximum atomic E-state index is 12.6. The molecular formula is C9H10FN3. The molecule has 1 rings (SSSR count). The van der Waals surface area contributed by atoms with E-state index in [-0.39, 0.29) is 5.82 Å². The van der Waals surface area contributed by atoms with Crippen LogP contribution in [0.3, 0.4) is 0 Å². The third kappa shape index (κ3) is 3.46. The average Bonchev–Trinajstić information content (AvgIpc) is 2.13. The van der Waals surface area contributed by atoms with Crippen LogP contribution in [0.4, 0.5) is 10.1 Å². The molecule has 0 heterocycles. The third-order valence-corrected chi connectivity index (χ3v) is 1.31. The van der Waals surface area contributed by atoms with E-state index in [2.05, 4.69) is 15.5 Å². The minimum atomic E-state index is -0.288. The Morgan fingerprint density at radius 3 is 2.92 bits per heavy atom. The van der Waals surface area contributed by atoms with Gasteiger partial charge in [0, 0.05) is 13.3 Å². The average molecular weight is 179 g/mol. The van der Waals surface area contributed by atoms with E-state index < -0.39 is 0 Å². The van der Waals surface area contributed by atoms with Gasteiger partial charge in [-0.05, 0) is 18.2 Å². The summed E-state index contributed by atoms with van der Waals surface area (Å²) >= 11 is 0. The quantitative estimate of drug-likeness (QED) is 0.558. The van der Waals surface area contributed by atoms with Crippen LogP contribution < -0.4 is 5.43 Å². The summed E-state index contributed by atoms with van der Waals surface area (Å²) in [5, 5.41) is 3.78. The fourth-order valence-corrected chi connectivity index (χ4v) is 0.770. The lowest BCUT2D eigenvalue weighted by atomic mass is 10.3. The van der Waals surface area contributed by atoms with E-state index in [1.807, 2.05) is 0 Å². The Bertz CT molecular complexity index is 320. The second kappa shape index (κ2) is 5.03. The van der Waals surface area contributed by atoms with E-state index in [9.17, 15) is 4.39 Å². The lowest BCUT2D eigenvalue weighted by molar-refractivity contribution is 0.628. The number of benzene rings is 1. The number of aliphatic imine (C=N–C) groups is 1. The summed E-state index contributed by atoms with van der Waals surface area (Å²) in [5.74, 6) is -0.288. The zero-order valence-electron chi connectivity index (χ0n) is 7.24. The molecule has 0 unspecified atom stereocenters. The summed E-state index contributed by atoms with van der Waals surface area (Å²) in [6, 6.07) is 6.08. The van der Waals surface area contributed by atoms with Gasteiger partial charge in [-0.1, -0.05) is 6.07 Å². The molecule has 0 aliphatic heterocycles. The van der Waals surface area contributed by atoms with Gasteiger partial charge in [-0.2, -0.15) is 5.10 Å². The maximum absolute atomic E-state index is 12.6. The van der Waals surface area contributed by atoms with Gasteiger partial charge in [-0.25, -0.2) is 4.39 Å². The van der Waals surface area contributed by atoms with Crippen molar-refractivity contribution in [2.45, 2.75) is 0 Å². The Balaban J connectivity index is 2.54. The lowest BCUT2D eigenvalue weighted by Crippen LogP contribution is -1.90. The highest BCUT2D eigenvalue weighted by atomic mass is 19.1. The van der Waals surface area contributed by atoms with E-state index in [0.717, 1.165) is 0 Å². The van der Waals surface area contributed by atoms with Crippen molar-refractivity contribution in [2.75, 3.05) is 12.5 Å². The van der Waals surface area contributed by atoms with Gasteiger partial charge < -0.3 is 0 Å². The number of nitrogens with zero attached hydrogens (tertiary/aromatic N) is 2. The molecular weight excluding hydrogens is 169 g/mol. The van der Waals surface area contributed by atoms with Gasteiger partial charge in [0.1, 0.15) is 5.82 Å². The van der Waals surface area contributed by atoms with E-state index in [1.54, 1.807) is 19.2 Å². The molecule has 0 amide bonds. The molecule has 0 atom stereocenters. The van der Waals surface area contributed by atoms with Crippen LogP contribution in [-0.2, 0) is 0 Å². The predicted molar refractivity (Wildman–Crippen MR) is 52.9 cm³/mol. The highest BCUT2D eigenvalue weighted by molar-refractivity contribution is 6.16.